The van der Waals surface area contributed by atoms with E-state index in [0.717, 1.165) is 12.2 Å². The molecule has 94 valence electrons. The highest BCUT2D eigenvalue weighted by Gasteiger charge is 2.30. The molecule has 1 aromatic carbocycles. The molecule has 0 spiro atoms. The van der Waals surface area contributed by atoms with Gasteiger partial charge in [-0.05, 0) is 17.5 Å². The molecular formula is C14H17N3O. The van der Waals surface area contributed by atoms with Gasteiger partial charge >= 0.3 is 0 Å². The molecule has 18 heavy (non-hydrogen) atoms. The van der Waals surface area contributed by atoms with Crippen LogP contribution < -0.4 is 5.32 Å². The van der Waals surface area contributed by atoms with Gasteiger partial charge in [0.05, 0.1) is 12.5 Å². The lowest BCUT2D eigenvalue weighted by Gasteiger charge is -2.27. The second-order valence-electron chi connectivity index (χ2n) is 5.04. The van der Waals surface area contributed by atoms with Gasteiger partial charge in [0.25, 0.3) is 0 Å². The number of aromatic nitrogens is 2. The molecule has 3 rings (SSSR count). The Morgan fingerprint density at radius 2 is 2.22 bits per heavy atom. The van der Waals surface area contributed by atoms with Crippen LogP contribution in [0.5, 0.6) is 0 Å². The molecule has 1 atom stereocenters. The average molecular weight is 243 g/mol. The van der Waals surface area contributed by atoms with Crippen molar-refractivity contribution in [3.8, 4) is 0 Å². The summed E-state index contributed by atoms with van der Waals surface area (Å²) in [4.78, 5) is 4.46. The van der Waals surface area contributed by atoms with Gasteiger partial charge in [-0.15, -0.1) is 0 Å². The molecule has 1 heterocycles. The molecule has 1 N–H and O–H groups in total. The van der Waals surface area contributed by atoms with Crippen molar-refractivity contribution in [3.05, 3.63) is 47.1 Å². The van der Waals surface area contributed by atoms with Crippen molar-refractivity contribution in [1.29, 1.82) is 0 Å². The second-order valence-corrected chi connectivity index (χ2v) is 5.04. The third-order valence-electron chi connectivity index (χ3n) is 3.31. The summed E-state index contributed by atoms with van der Waals surface area (Å²) in [6, 6.07) is 8.86. The Morgan fingerprint density at radius 1 is 1.39 bits per heavy atom. The van der Waals surface area contributed by atoms with Gasteiger partial charge in [0.2, 0.25) is 5.89 Å². The first-order chi connectivity index (χ1) is 8.74. The van der Waals surface area contributed by atoms with Crippen LogP contribution in [-0.4, -0.2) is 16.2 Å². The molecule has 0 amide bonds. The highest BCUT2D eigenvalue weighted by Crippen LogP contribution is 2.38. The van der Waals surface area contributed by atoms with Gasteiger partial charge in [-0.2, -0.15) is 4.98 Å². The van der Waals surface area contributed by atoms with Crippen LogP contribution in [-0.2, 0) is 13.0 Å². The summed E-state index contributed by atoms with van der Waals surface area (Å²) in [6.07, 6.45) is 1.02. The highest BCUT2D eigenvalue weighted by molar-refractivity contribution is 5.43. The first-order valence-corrected chi connectivity index (χ1v) is 6.37. The van der Waals surface area contributed by atoms with Crippen molar-refractivity contribution in [3.63, 3.8) is 0 Å². The molecule has 4 heteroatoms. The molecule has 1 aromatic heterocycles. The molecule has 0 saturated carbocycles. The summed E-state index contributed by atoms with van der Waals surface area (Å²) in [5.74, 6) is 1.80. The van der Waals surface area contributed by atoms with Crippen LogP contribution in [0.1, 0.15) is 42.6 Å². The van der Waals surface area contributed by atoms with E-state index < -0.39 is 0 Å². The van der Waals surface area contributed by atoms with E-state index in [1.54, 1.807) is 0 Å². The van der Waals surface area contributed by atoms with Gasteiger partial charge in [0.15, 0.2) is 5.82 Å². The predicted octanol–water partition coefficient (Wildman–Crippen LogP) is 2.26. The summed E-state index contributed by atoms with van der Waals surface area (Å²) >= 11 is 0. The fourth-order valence-corrected chi connectivity index (χ4v) is 2.26. The third-order valence-corrected chi connectivity index (χ3v) is 3.31. The van der Waals surface area contributed by atoms with E-state index in [4.69, 9.17) is 4.52 Å². The van der Waals surface area contributed by atoms with Crippen LogP contribution in [0.25, 0.3) is 0 Å². The van der Waals surface area contributed by atoms with Crippen LogP contribution in [0.3, 0.4) is 0 Å². The van der Waals surface area contributed by atoms with E-state index >= 15 is 0 Å². The van der Waals surface area contributed by atoms with Gasteiger partial charge in [-0.25, -0.2) is 0 Å². The fraction of sp³-hybridized carbons (Fsp3) is 0.429. The zero-order valence-electron chi connectivity index (χ0n) is 10.7. The van der Waals surface area contributed by atoms with Crippen LogP contribution in [0.15, 0.2) is 28.8 Å². The van der Waals surface area contributed by atoms with Crippen molar-refractivity contribution < 1.29 is 4.52 Å². The maximum Gasteiger partial charge on any atom is 0.240 e. The zero-order chi connectivity index (χ0) is 12.5. The van der Waals surface area contributed by atoms with Gasteiger partial charge < -0.3 is 9.84 Å². The molecule has 1 unspecified atom stereocenters. The molecular weight excluding hydrogens is 226 g/mol. The Kier molecular flexibility index (Phi) is 2.88. The lowest BCUT2D eigenvalue weighted by Crippen LogP contribution is -2.22. The molecule has 0 bridgehead atoms. The molecule has 1 aliphatic rings. The van der Waals surface area contributed by atoms with Gasteiger partial charge in [0.1, 0.15) is 0 Å². The number of fused-ring (bicyclic) bond motifs is 1. The maximum absolute atomic E-state index is 5.26. The van der Waals surface area contributed by atoms with Crippen LogP contribution in [0.2, 0.25) is 0 Å². The molecule has 0 fully saturated rings. The summed E-state index contributed by atoms with van der Waals surface area (Å²) in [6.45, 7) is 4.83. The van der Waals surface area contributed by atoms with Crippen molar-refractivity contribution in [2.45, 2.75) is 38.8 Å². The minimum Gasteiger partial charge on any atom is -0.338 e. The monoisotopic (exact) mass is 243 g/mol. The van der Waals surface area contributed by atoms with E-state index in [0.29, 0.717) is 24.4 Å². The van der Waals surface area contributed by atoms with Gasteiger partial charge in [-0.1, -0.05) is 43.3 Å². The summed E-state index contributed by atoms with van der Waals surface area (Å²) < 4.78 is 5.26. The zero-order valence-corrected chi connectivity index (χ0v) is 10.7. The molecule has 0 aliphatic heterocycles. The SMILES string of the molecule is CC(C)NCc1nc(C2Cc3ccccc32)no1. The Balaban J connectivity index is 1.72. The summed E-state index contributed by atoms with van der Waals surface area (Å²) in [5.41, 5.74) is 2.73. The van der Waals surface area contributed by atoms with E-state index in [1.807, 2.05) is 0 Å². The largest absolute Gasteiger partial charge is 0.338 e. The number of hydrogen-bond donors (Lipinski definition) is 1. The molecule has 1 aliphatic carbocycles. The van der Waals surface area contributed by atoms with Gasteiger partial charge in [-0.3, -0.25) is 0 Å². The van der Waals surface area contributed by atoms with Crippen molar-refractivity contribution >= 4 is 0 Å². The average Bonchev–Trinajstić information content (AvgIpc) is 2.77. The smallest absolute Gasteiger partial charge is 0.240 e. The molecule has 2 aromatic rings. The lowest BCUT2D eigenvalue weighted by atomic mass is 9.77. The molecule has 0 saturated heterocycles. The van der Waals surface area contributed by atoms with Crippen LogP contribution >= 0.6 is 0 Å². The Labute approximate surface area is 106 Å². The number of nitrogens with one attached hydrogen (secondary N) is 1. The highest BCUT2D eigenvalue weighted by atomic mass is 16.5. The van der Waals surface area contributed by atoms with E-state index in [1.165, 1.54) is 11.1 Å². The van der Waals surface area contributed by atoms with E-state index in [-0.39, 0.29) is 0 Å². The molecule has 4 nitrogen and oxygen atoms in total. The number of hydrogen-bond acceptors (Lipinski definition) is 4. The van der Waals surface area contributed by atoms with Gasteiger partial charge in [0, 0.05) is 6.04 Å². The summed E-state index contributed by atoms with van der Waals surface area (Å²) in [7, 11) is 0. The minimum absolute atomic E-state index is 0.317. The lowest BCUT2D eigenvalue weighted by molar-refractivity contribution is 0.355. The standard InChI is InChI=1S/C14H17N3O/c1-9(2)15-8-13-16-14(17-18-13)12-7-10-5-3-4-6-11(10)12/h3-6,9,12,15H,7-8H2,1-2H3. The Bertz CT molecular complexity index is 547. The predicted molar refractivity (Wildman–Crippen MR) is 68.3 cm³/mol. The topological polar surface area (TPSA) is 51.0 Å². The van der Waals surface area contributed by atoms with Crippen LogP contribution in [0.4, 0.5) is 0 Å². The maximum atomic E-state index is 5.26. The van der Waals surface area contributed by atoms with E-state index in [2.05, 4.69) is 53.6 Å². The van der Waals surface area contributed by atoms with Crippen molar-refractivity contribution in [2.24, 2.45) is 0 Å². The quantitative estimate of drug-likeness (QED) is 0.895. The number of nitrogens with zero attached hydrogens (tertiary/aromatic N) is 2. The fourth-order valence-electron chi connectivity index (χ4n) is 2.26. The van der Waals surface area contributed by atoms with Crippen molar-refractivity contribution in [1.82, 2.24) is 15.5 Å². The first kappa shape index (κ1) is 11.4. The second kappa shape index (κ2) is 4.53. The normalized spacial score (nSPS) is 17.6. The molecule has 0 radical (unpaired) electrons. The Morgan fingerprint density at radius 3 is 3.00 bits per heavy atom. The Hall–Kier alpha value is -1.68. The van der Waals surface area contributed by atoms with Crippen molar-refractivity contribution in [2.75, 3.05) is 0 Å². The minimum atomic E-state index is 0.317. The number of rotatable bonds is 4. The van der Waals surface area contributed by atoms with Crippen LogP contribution in [0, 0.1) is 0 Å². The summed E-state index contributed by atoms with van der Waals surface area (Å²) in [5, 5.41) is 7.36. The third kappa shape index (κ3) is 2.04. The van der Waals surface area contributed by atoms with E-state index in [9.17, 15) is 0 Å². The first-order valence-electron chi connectivity index (χ1n) is 6.37. The number of benzene rings is 1.